The van der Waals surface area contributed by atoms with E-state index in [1.165, 1.54) is 65.4 Å². The van der Waals surface area contributed by atoms with Gasteiger partial charge in [0.15, 0.2) is 0 Å². The van der Waals surface area contributed by atoms with Crippen molar-refractivity contribution in [2.24, 2.45) is 23.5 Å². The molecule has 4 heterocycles. The fourth-order valence-electron chi connectivity index (χ4n) is 10.4. The minimum atomic E-state index is -1.67. The molecule has 4 aromatic rings. The van der Waals surface area contributed by atoms with Crippen molar-refractivity contribution in [1.82, 2.24) is 40.2 Å². The zero-order valence-electron chi connectivity index (χ0n) is 47.1. The number of carbonyl (C=O) groups is 8. The predicted molar refractivity (Wildman–Crippen MR) is 298 cm³/mol. The number of rotatable bonds is 27. The van der Waals surface area contributed by atoms with E-state index in [1.807, 2.05) is 0 Å². The average molecular weight is 1170 g/mol. The maximum atomic E-state index is 16.3. The lowest BCUT2D eigenvalue weighted by atomic mass is 9.88. The highest BCUT2D eigenvalue weighted by atomic mass is 19.1. The molecule has 3 aromatic carbocycles. The van der Waals surface area contributed by atoms with Crippen LogP contribution < -0.4 is 27.0 Å². The van der Waals surface area contributed by atoms with Gasteiger partial charge in [0.05, 0.1) is 18.3 Å². The highest BCUT2D eigenvalue weighted by molar-refractivity contribution is 6.12. The number of nitrogens with zero attached hydrogens (tertiary/aromatic N) is 5. The molecule has 25 heteroatoms. The Morgan fingerprint density at radius 2 is 1.57 bits per heavy atom. The van der Waals surface area contributed by atoms with Crippen LogP contribution in [-0.2, 0) is 51.4 Å². The zero-order chi connectivity index (χ0) is 60.6. The third kappa shape index (κ3) is 17.4. The van der Waals surface area contributed by atoms with Gasteiger partial charge in [-0.25, -0.2) is 32.1 Å². The minimum absolute atomic E-state index is 0.0122. The van der Waals surface area contributed by atoms with Crippen LogP contribution in [0.15, 0.2) is 85.1 Å². The number of alkyl halides is 1. The van der Waals surface area contributed by atoms with Gasteiger partial charge in [0.25, 0.3) is 17.7 Å². The molecule has 0 spiro atoms. The molecular weight excluding hydrogens is 1100 g/mol. The van der Waals surface area contributed by atoms with E-state index < -0.39 is 102 Å². The van der Waals surface area contributed by atoms with Gasteiger partial charge in [-0.3, -0.25) is 33.7 Å². The van der Waals surface area contributed by atoms with Crippen molar-refractivity contribution in [1.29, 1.82) is 0 Å². The molecule has 6 unspecified atom stereocenters. The summed E-state index contributed by atoms with van der Waals surface area (Å²) in [5.74, 6) is -6.78. The largest absolute Gasteiger partial charge is 0.445 e. The first kappa shape index (κ1) is 63.4. The monoisotopic (exact) mass is 1170 g/mol. The molecule has 452 valence electrons. The van der Waals surface area contributed by atoms with Crippen molar-refractivity contribution in [3.05, 3.63) is 119 Å². The van der Waals surface area contributed by atoms with Crippen molar-refractivity contribution in [2.45, 2.75) is 116 Å². The van der Waals surface area contributed by atoms with E-state index in [-0.39, 0.29) is 93.4 Å². The van der Waals surface area contributed by atoms with Crippen LogP contribution in [0.2, 0.25) is 0 Å². The Hall–Kier alpha value is -8.19. The number of carbonyl (C=O) groups excluding carboxylic acids is 8. The number of nitrogens with two attached hydrogens (primary N) is 1. The number of anilines is 1. The van der Waals surface area contributed by atoms with E-state index >= 15 is 8.78 Å². The van der Waals surface area contributed by atoms with Crippen molar-refractivity contribution in [3.63, 3.8) is 0 Å². The summed E-state index contributed by atoms with van der Waals surface area (Å²) >= 11 is 0. The summed E-state index contributed by atoms with van der Waals surface area (Å²) in [6.07, 6.45) is 2.43. The van der Waals surface area contributed by atoms with E-state index in [0.29, 0.717) is 62.1 Å². The summed E-state index contributed by atoms with van der Waals surface area (Å²) in [7, 11) is 0. The third-order valence-corrected chi connectivity index (χ3v) is 14.9. The second kappa shape index (κ2) is 29.9. The van der Waals surface area contributed by atoms with Gasteiger partial charge in [0.1, 0.15) is 54.2 Å². The van der Waals surface area contributed by atoms with Crippen LogP contribution in [0.4, 0.5) is 32.8 Å². The lowest BCUT2D eigenvalue weighted by molar-refractivity contribution is -0.145. The van der Waals surface area contributed by atoms with E-state index in [4.69, 9.17) is 20.2 Å². The van der Waals surface area contributed by atoms with Crippen molar-refractivity contribution in [3.8, 4) is 11.3 Å². The molecule has 1 aromatic heterocycles. The predicted octanol–water partition coefficient (Wildman–Crippen LogP) is 5.80. The number of aromatic nitrogens is 2. The summed E-state index contributed by atoms with van der Waals surface area (Å²) in [5, 5.41) is 21.6. The fraction of sp³-hybridized carbons (Fsp3) is 0.475. The Morgan fingerprint density at radius 1 is 0.857 bits per heavy atom. The number of likely N-dealkylation sites (tertiary alicyclic amines) is 1. The SMILES string of the molecule is CC(O)C(=O)N(CC1CN(C(=O)OCc2ccc(NC(=O)C(CCCNC(N)=O)NC(=O)C(NC(=O)CCCCCN3C(=O)C=CC3=O)C(C)C)cc2)CC1F)C(c1nc(-c2cc(F)ccc2F)cn1Cc1cccc(F)c1)C1CCOCC1. The molecule has 84 heavy (non-hydrogen) atoms. The molecular formula is C59H72F4N10O11. The molecule has 9 amide bonds. The summed E-state index contributed by atoms with van der Waals surface area (Å²) in [6, 6.07) is 11.0. The maximum Gasteiger partial charge on any atom is 0.410 e. The number of aliphatic hydroxyl groups is 1. The van der Waals surface area contributed by atoms with Gasteiger partial charge in [-0.05, 0) is 111 Å². The molecule has 0 radical (unpaired) electrons. The molecule has 21 nitrogen and oxygen atoms in total. The number of benzene rings is 3. The lowest BCUT2D eigenvalue weighted by Crippen LogP contribution is -2.54. The van der Waals surface area contributed by atoms with E-state index in [0.717, 1.165) is 23.1 Å². The van der Waals surface area contributed by atoms with Gasteiger partial charge in [-0.15, -0.1) is 0 Å². The number of hydrogen-bond acceptors (Lipinski definition) is 12. The normalized spacial score (nSPS) is 17.6. The van der Waals surface area contributed by atoms with Crippen LogP contribution in [0.3, 0.4) is 0 Å². The zero-order valence-corrected chi connectivity index (χ0v) is 47.1. The Labute approximate surface area is 483 Å². The minimum Gasteiger partial charge on any atom is -0.445 e. The van der Waals surface area contributed by atoms with Crippen LogP contribution in [0, 0.1) is 35.2 Å². The number of ether oxygens (including phenoxy) is 2. The number of urea groups is 1. The van der Waals surface area contributed by atoms with Gasteiger partial charge in [0, 0.05) is 87.9 Å². The quantitative estimate of drug-likeness (QED) is 0.0235. The van der Waals surface area contributed by atoms with Crippen LogP contribution in [-0.4, -0.2) is 147 Å². The Balaban J connectivity index is 0.983. The first-order valence-corrected chi connectivity index (χ1v) is 28.1. The van der Waals surface area contributed by atoms with Crippen LogP contribution in [0.1, 0.15) is 95.1 Å². The summed E-state index contributed by atoms with van der Waals surface area (Å²) in [5.41, 5.74) is 6.35. The molecule has 2 fully saturated rings. The summed E-state index contributed by atoms with van der Waals surface area (Å²) in [6.45, 7) is 4.48. The summed E-state index contributed by atoms with van der Waals surface area (Å²) < 4.78 is 73.8. The number of imidazole rings is 1. The molecule has 3 aliphatic heterocycles. The molecule has 0 aliphatic carbocycles. The standard InChI is InChI=1S/C59H72F4N10O11/c1-35(2)52(69-49(75)12-5-4-6-24-72-50(76)19-20-51(72)77)56(79)68-47(11-8-23-65-58(64)81)55(78)66-43-16-13-37(14-17-43)34-84-59(82)71-30-40(46(63)32-71)31-73(57(80)36(3)74)53(39-21-25-83-26-22-39)54-67-48(44-28-42(61)15-18-45(44)62)33-70(54)29-38-9-7-10-41(60)27-38/h7,9-10,13-20,27-28,33,35-36,39-40,46-47,52-53,74H,4-6,8,11-12,21-26,29-32,34H2,1-3H3,(H,66,78)(H,68,79)(H,69,75)(H3,64,65,81). The Morgan fingerprint density at radius 3 is 2.25 bits per heavy atom. The number of hydrogen-bond donors (Lipinski definition) is 6. The highest BCUT2D eigenvalue weighted by Gasteiger charge is 2.44. The second-order valence-electron chi connectivity index (χ2n) is 21.6. The van der Waals surface area contributed by atoms with Crippen LogP contribution >= 0.6 is 0 Å². The topological polar surface area (TPSA) is 277 Å². The molecule has 7 N–H and O–H groups in total. The number of imide groups is 1. The number of aliphatic hydroxyl groups excluding tert-OH is 1. The molecule has 0 bridgehead atoms. The molecule has 0 saturated carbocycles. The van der Waals surface area contributed by atoms with E-state index in [2.05, 4.69) is 21.3 Å². The van der Waals surface area contributed by atoms with Gasteiger partial charge < -0.3 is 55.9 Å². The van der Waals surface area contributed by atoms with E-state index in [1.54, 1.807) is 36.6 Å². The maximum absolute atomic E-state index is 16.3. The van der Waals surface area contributed by atoms with Crippen molar-refractivity contribution < 1.29 is 70.5 Å². The number of nitrogens with one attached hydrogen (secondary N) is 4. The van der Waals surface area contributed by atoms with Crippen LogP contribution in [0.5, 0.6) is 0 Å². The number of unbranched alkanes of at least 4 members (excludes halogenated alkanes) is 2. The molecule has 6 atom stereocenters. The number of primary amides is 1. The first-order valence-electron chi connectivity index (χ1n) is 28.1. The van der Waals surface area contributed by atoms with Gasteiger partial charge in [0.2, 0.25) is 17.7 Å². The van der Waals surface area contributed by atoms with E-state index in [9.17, 15) is 52.2 Å². The fourth-order valence-corrected chi connectivity index (χ4v) is 10.4. The Bertz CT molecular complexity index is 3010. The number of halogens is 4. The van der Waals surface area contributed by atoms with Crippen LogP contribution in [0.25, 0.3) is 11.3 Å². The molecule has 7 rings (SSSR count). The second-order valence-corrected chi connectivity index (χ2v) is 21.6. The smallest absolute Gasteiger partial charge is 0.410 e. The van der Waals surface area contributed by atoms with Gasteiger partial charge in [-0.2, -0.15) is 0 Å². The average Bonchev–Trinajstić information content (AvgIpc) is 2.87. The lowest BCUT2D eigenvalue weighted by Gasteiger charge is -2.40. The summed E-state index contributed by atoms with van der Waals surface area (Å²) in [4.78, 5) is 112. The Kier molecular flexibility index (Phi) is 22.5. The third-order valence-electron chi connectivity index (χ3n) is 14.9. The van der Waals surface area contributed by atoms with Gasteiger partial charge >= 0.3 is 12.1 Å². The highest BCUT2D eigenvalue weighted by Crippen LogP contribution is 2.39. The molecule has 2 saturated heterocycles. The van der Waals surface area contributed by atoms with Crippen molar-refractivity contribution >= 4 is 53.3 Å². The number of amides is 9. The van der Waals surface area contributed by atoms with Gasteiger partial charge in [-0.1, -0.05) is 44.5 Å². The van der Waals surface area contributed by atoms with Crippen molar-refractivity contribution in [2.75, 3.05) is 51.3 Å². The first-order chi connectivity index (χ1) is 40.1. The molecule has 3 aliphatic rings.